The molecule has 4 rings (SSSR count). The van der Waals surface area contributed by atoms with E-state index >= 15 is 0 Å². The first kappa shape index (κ1) is 18.3. The van der Waals surface area contributed by atoms with Gasteiger partial charge in [-0.1, -0.05) is 12.1 Å². The summed E-state index contributed by atoms with van der Waals surface area (Å²) in [7, 11) is 1.61. The highest BCUT2D eigenvalue weighted by molar-refractivity contribution is 6.01. The van der Waals surface area contributed by atoms with E-state index in [0.29, 0.717) is 45.1 Å². The van der Waals surface area contributed by atoms with E-state index < -0.39 is 6.04 Å². The standard InChI is InChI=1S/C20H26N2O5/c1-25-11-8-21-16-4-2-3-5-18(16)27-15-12-17(20(21)24)22(13-15)19(23)14-6-9-26-10-7-14/h2-5,14-15,17H,6-13H2,1H3/t15-,17-/m0/s1. The fourth-order valence-corrected chi connectivity index (χ4v) is 4.21. The molecule has 3 aliphatic rings. The normalized spacial score (nSPS) is 25.6. The lowest BCUT2D eigenvalue weighted by Gasteiger charge is -2.33. The molecule has 2 bridgehead atoms. The third kappa shape index (κ3) is 3.53. The number of benzene rings is 1. The van der Waals surface area contributed by atoms with Crippen molar-refractivity contribution >= 4 is 17.5 Å². The number of anilines is 1. The van der Waals surface area contributed by atoms with Gasteiger partial charge in [0.2, 0.25) is 11.8 Å². The van der Waals surface area contributed by atoms with Crippen molar-refractivity contribution in [2.75, 3.05) is 44.9 Å². The molecule has 0 N–H and O–H groups in total. The van der Waals surface area contributed by atoms with Crippen molar-refractivity contribution in [1.29, 1.82) is 0 Å². The smallest absolute Gasteiger partial charge is 0.250 e. The van der Waals surface area contributed by atoms with E-state index in [4.69, 9.17) is 14.2 Å². The molecule has 0 unspecified atom stereocenters. The van der Waals surface area contributed by atoms with Crippen LogP contribution in [-0.4, -0.2) is 68.9 Å². The zero-order valence-electron chi connectivity index (χ0n) is 15.6. The van der Waals surface area contributed by atoms with Gasteiger partial charge < -0.3 is 24.0 Å². The van der Waals surface area contributed by atoms with Crippen LogP contribution in [0.2, 0.25) is 0 Å². The van der Waals surface area contributed by atoms with Crippen molar-refractivity contribution in [1.82, 2.24) is 4.90 Å². The van der Waals surface area contributed by atoms with Gasteiger partial charge in [0.15, 0.2) is 0 Å². The molecule has 2 amide bonds. The van der Waals surface area contributed by atoms with E-state index in [1.54, 1.807) is 16.9 Å². The molecule has 3 aliphatic heterocycles. The molecule has 2 fully saturated rings. The molecule has 0 aromatic heterocycles. The predicted molar refractivity (Wildman–Crippen MR) is 98.7 cm³/mol. The zero-order valence-corrected chi connectivity index (χ0v) is 15.6. The van der Waals surface area contributed by atoms with Crippen LogP contribution < -0.4 is 9.64 Å². The summed E-state index contributed by atoms with van der Waals surface area (Å²) in [6.45, 7) is 2.52. The van der Waals surface area contributed by atoms with Gasteiger partial charge in [-0.05, 0) is 25.0 Å². The van der Waals surface area contributed by atoms with Crippen LogP contribution in [0.1, 0.15) is 19.3 Å². The Morgan fingerprint density at radius 1 is 1.26 bits per heavy atom. The number of nitrogens with zero attached hydrogens (tertiary/aromatic N) is 2. The molecule has 146 valence electrons. The highest BCUT2D eigenvalue weighted by Gasteiger charge is 2.46. The SMILES string of the molecule is COCCN1C(=O)[C@@H]2C[C@@H](CN2C(=O)C2CCOCC2)Oc2ccccc21. The van der Waals surface area contributed by atoms with E-state index in [-0.39, 0.29) is 23.8 Å². The van der Waals surface area contributed by atoms with Crippen molar-refractivity contribution in [3.05, 3.63) is 24.3 Å². The molecule has 0 saturated carbocycles. The number of hydrogen-bond donors (Lipinski definition) is 0. The molecule has 1 aromatic carbocycles. The molecule has 0 spiro atoms. The first-order valence-electron chi connectivity index (χ1n) is 9.63. The van der Waals surface area contributed by atoms with E-state index in [1.165, 1.54) is 0 Å². The lowest BCUT2D eigenvalue weighted by Crippen LogP contribution is -2.50. The van der Waals surface area contributed by atoms with Crippen LogP contribution >= 0.6 is 0 Å². The van der Waals surface area contributed by atoms with Crippen molar-refractivity contribution in [2.24, 2.45) is 5.92 Å². The Balaban J connectivity index is 1.62. The minimum atomic E-state index is -0.476. The first-order valence-corrected chi connectivity index (χ1v) is 9.63. The summed E-state index contributed by atoms with van der Waals surface area (Å²) in [4.78, 5) is 30.0. The highest BCUT2D eigenvalue weighted by atomic mass is 16.5. The first-order chi connectivity index (χ1) is 13.2. The van der Waals surface area contributed by atoms with Crippen LogP contribution in [0, 0.1) is 5.92 Å². The van der Waals surface area contributed by atoms with Gasteiger partial charge in [-0.2, -0.15) is 0 Å². The van der Waals surface area contributed by atoms with Crippen molar-refractivity contribution in [3.8, 4) is 5.75 Å². The van der Waals surface area contributed by atoms with Gasteiger partial charge in [0.05, 0.1) is 18.8 Å². The average Bonchev–Trinajstić information content (AvgIpc) is 3.13. The van der Waals surface area contributed by atoms with Crippen LogP contribution in [0.15, 0.2) is 24.3 Å². The van der Waals surface area contributed by atoms with Crippen molar-refractivity contribution in [2.45, 2.75) is 31.4 Å². The Kier molecular flexibility index (Phi) is 5.31. The van der Waals surface area contributed by atoms with E-state index in [9.17, 15) is 9.59 Å². The summed E-state index contributed by atoms with van der Waals surface area (Å²) < 4.78 is 16.8. The number of ether oxygens (including phenoxy) is 3. The largest absolute Gasteiger partial charge is 0.486 e. The fourth-order valence-electron chi connectivity index (χ4n) is 4.21. The Morgan fingerprint density at radius 3 is 2.81 bits per heavy atom. The maximum atomic E-state index is 13.4. The molecule has 0 radical (unpaired) electrons. The maximum Gasteiger partial charge on any atom is 0.250 e. The molecular formula is C20H26N2O5. The van der Waals surface area contributed by atoms with Crippen molar-refractivity contribution < 1.29 is 23.8 Å². The van der Waals surface area contributed by atoms with Gasteiger partial charge in [0.1, 0.15) is 17.9 Å². The number of amides is 2. The molecule has 1 aromatic rings. The topological polar surface area (TPSA) is 68.3 Å². The molecule has 3 heterocycles. The molecule has 7 nitrogen and oxygen atoms in total. The number of hydrogen-bond acceptors (Lipinski definition) is 5. The Hall–Kier alpha value is -2.12. The summed E-state index contributed by atoms with van der Waals surface area (Å²) in [5, 5.41) is 0. The fraction of sp³-hybridized carbons (Fsp3) is 0.600. The predicted octanol–water partition coefficient (Wildman–Crippen LogP) is 1.45. The van der Waals surface area contributed by atoms with Gasteiger partial charge in [0, 0.05) is 39.2 Å². The number of carbonyl (C=O) groups excluding carboxylic acids is 2. The quantitative estimate of drug-likeness (QED) is 0.798. The van der Waals surface area contributed by atoms with E-state index in [0.717, 1.165) is 18.5 Å². The zero-order chi connectivity index (χ0) is 18.8. The number of fused-ring (bicyclic) bond motifs is 3. The lowest BCUT2D eigenvalue weighted by atomic mass is 9.98. The summed E-state index contributed by atoms with van der Waals surface area (Å²) in [5.74, 6) is 0.625. The molecule has 27 heavy (non-hydrogen) atoms. The second-order valence-corrected chi connectivity index (χ2v) is 7.32. The van der Waals surface area contributed by atoms with Crippen LogP contribution in [-0.2, 0) is 19.1 Å². The van der Waals surface area contributed by atoms with Crippen LogP contribution in [0.3, 0.4) is 0 Å². The van der Waals surface area contributed by atoms with Gasteiger partial charge in [-0.3, -0.25) is 9.59 Å². The number of methoxy groups -OCH3 is 1. The molecule has 0 aliphatic carbocycles. The van der Waals surface area contributed by atoms with Gasteiger partial charge in [-0.25, -0.2) is 0 Å². The van der Waals surface area contributed by atoms with Crippen molar-refractivity contribution in [3.63, 3.8) is 0 Å². The van der Waals surface area contributed by atoms with Gasteiger partial charge in [-0.15, -0.1) is 0 Å². The minimum absolute atomic E-state index is 0.0503. The molecule has 2 atom stereocenters. The highest BCUT2D eigenvalue weighted by Crippen LogP contribution is 2.37. The Labute approximate surface area is 159 Å². The third-order valence-corrected chi connectivity index (χ3v) is 5.64. The summed E-state index contributed by atoms with van der Waals surface area (Å²) in [6.07, 6.45) is 1.81. The van der Waals surface area contributed by atoms with Crippen LogP contribution in [0.4, 0.5) is 5.69 Å². The monoisotopic (exact) mass is 374 g/mol. The van der Waals surface area contributed by atoms with Crippen LogP contribution in [0.5, 0.6) is 5.75 Å². The molecule has 7 heteroatoms. The van der Waals surface area contributed by atoms with E-state index in [2.05, 4.69) is 0 Å². The second-order valence-electron chi connectivity index (χ2n) is 7.32. The average molecular weight is 374 g/mol. The number of rotatable bonds is 4. The minimum Gasteiger partial charge on any atom is -0.486 e. The second kappa shape index (κ2) is 7.86. The number of likely N-dealkylation sites (tertiary alicyclic amines) is 1. The molecule has 2 saturated heterocycles. The van der Waals surface area contributed by atoms with E-state index in [1.807, 2.05) is 24.3 Å². The number of carbonyl (C=O) groups is 2. The Bertz CT molecular complexity index is 703. The summed E-state index contributed by atoms with van der Waals surface area (Å²) in [6, 6.07) is 7.08. The summed E-state index contributed by atoms with van der Waals surface area (Å²) >= 11 is 0. The Morgan fingerprint density at radius 2 is 2.04 bits per heavy atom. The lowest BCUT2D eigenvalue weighted by molar-refractivity contribution is -0.143. The summed E-state index contributed by atoms with van der Waals surface area (Å²) in [5.41, 5.74) is 0.745. The van der Waals surface area contributed by atoms with Crippen LogP contribution in [0.25, 0.3) is 0 Å². The van der Waals surface area contributed by atoms with Gasteiger partial charge >= 0.3 is 0 Å². The maximum absolute atomic E-state index is 13.4. The third-order valence-electron chi connectivity index (χ3n) is 5.64. The number of para-hydroxylation sites is 2. The molecular weight excluding hydrogens is 348 g/mol. The van der Waals surface area contributed by atoms with Gasteiger partial charge in [0.25, 0.3) is 0 Å².